The number of rotatable bonds is 8. The lowest BCUT2D eigenvalue weighted by molar-refractivity contribution is -0.148. The van der Waals surface area contributed by atoms with Crippen molar-refractivity contribution in [3.63, 3.8) is 0 Å². The number of fused-ring (bicyclic) bond motifs is 2. The predicted octanol–water partition coefficient (Wildman–Crippen LogP) is 2.65. The van der Waals surface area contributed by atoms with Gasteiger partial charge in [0.15, 0.2) is 12.4 Å². The number of esters is 1. The standard InChI is InChI=1S/C21H29N3O5/c1-20(2)14-8-9-21(20,3)16(12-14)23-24-17(25)13-29-18(26)7-4-10-22-19(27)15-6-5-11-28-15/h5-6,11,14H,4,7-10,12-13H2,1-3H3,(H,22,27)(H,24,25)/b23-16-. The Kier molecular flexibility index (Phi) is 6.10. The van der Waals surface area contributed by atoms with E-state index in [0.29, 0.717) is 18.9 Å². The normalized spacial score (nSPS) is 25.8. The monoisotopic (exact) mass is 403 g/mol. The van der Waals surface area contributed by atoms with Crippen molar-refractivity contribution in [3.8, 4) is 0 Å². The first-order valence-corrected chi connectivity index (χ1v) is 10.1. The summed E-state index contributed by atoms with van der Waals surface area (Å²) >= 11 is 0. The lowest BCUT2D eigenvalue weighted by Gasteiger charge is -2.34. The number of amides is 2. The van der Waals surface area contributed by atoms with E-state index in [2.05, 4.69) is 36.6 Å². The van der Waals surface area contributed by atoms with E-state index >= 15 is 0 Å². The highest BCUT2D eigenvalue weighted by molar-refractivity contribution is 5.95. The van der Waals surface area contributed by atoms with E-state index < -0.39 is 11.9 Å². The quantitative estimate of drug-likeness (QED) is 0.394. The lowest BCUT2D eigenvalue weighted by Crippen LogP contribution is -2.35. The number of hydrogen-bond donors (Lipinski definition) is 2. The molecule has 2 fully saturated rings. The first kappa shape index (κ1) is 21.1. The van der Waals surface area contributed by atoms with Crippen molar-refractivity contribution in [1.82, 2.24) is 10.7 Å². The van der Waals surface area contributed by atoms with Crippen LogP contribution in [0.2, 0.25) is 0 Å². The molecule has 0 aliphatic heterocycles. The Labute approximate surface area is 170 Å². The Bertz CT molecular complexity index is 799. The summed E-state index contributed by atoms with van der Waals surface area (Å²) in [6.07, 6.45) is 5.13. The Morgan fingerprint density at radius 2 is 2.10 bits per heavy atom. The van der Waals surface area contributed by atoms with Gasteiger partial charge in [0, 0.05) is 24.1 Å². The highest BCUT2D eigenvalue weighted by Gasteiger charge is 2.60. The topological polar surface area (TPSA) is 110 Å². The Balaban J connectivity index is 1.32. The van der Waals surface area contributed by atoms with Gasteiger partial charge in [-0.3, -0.25) is 14.4 Å². The highest BCUT2D eigenvalue weighted by atomic mass is 16.5. The third-order valence-corrected chi connectivity index (χ3v) is 6.78. The fourth-order valence-electron chi connectivity index (χ4n) is 4.41. The van der Waals surface area contributed by atoms with Crippen molar-refractivity contribution < 1.29 is 23.5 Å². The Morgan fingerprint density at radius 1 is 1.31 bits per heavy atom. The average molecular weight is 403 g/mol. The molecule has 2 amide bonds. The van der Waals surface area contributed by atoms with E-state index in [1.54, 1.807) is 12.1 Å². The molecule has 3 rings (SSSR count). The summed E-state index contributed by atoms with van der Waals surface area (Å²) in [7, 11) is 0. The molecule has 8 nitrogen and oxygen atoms in total. The third-order valence-electron chi connectivity index (χ3n) is 6.78. The van der Waals surface area contributed by atoms with Gasteiger partial charge in [-0.2, -0.15) is 5.10 Å². The second kappa shape index (κ2) is 8.39. The third kappa shape index (κ3) is 4.36. The summed E-state index contributed by atoms with van der Waals surface area (Å²) in [5.74, 6) is -0.443. The smallest absolute Gasteiger partial charge is 0.306 e. The van der Waals surface area contributed by atoms with Gasteiger partial charge in [-0.15, -0.1) is 0 Å². The maximum Gasteiger partial charge on any atom is 0.306 e. The molecule has 2 unspecified atom stereocenters. The molecular formula is C21H29N3O5. The number of nitrogens with zero attached hydrogens (tertiary/aromatic N) is 1. The molecule has 158 valence electrons. The van der Waals surface area contributed by atoms with E-state index in [1.165, 1.54) is 12.7 Å². The summed E-state index contributed by atoms with van der Waals surface area (Å²) < 4.78 is 9.95. The number of carbonyl (C=O) groups excluding carboxylic acids is 3. The molecule has 2 aliphatic rings. The highest BCUT2D eigenvalue weighted by Crippen LogP contribution is 2.63. The number of carbonyl (C=O) groups is 3. The van der Waals surface area contributed by atoms with Crippen LogP contribution < -0.4 is 10.7 Å². The number of ether oxygens (including phenoxy) is 1. The Hall–Kier alpha value is -2.64. The molecule has 0 spiro atoms. The van der Waals surface area contributed by atoms with Gasteiger partial charge in [-0.05, 0) is 49.1 Å². The van der Waals surface area contributed by atoms with Crippen LogP contribution in [-0.4, -0.2) is 36.6 Å². The number of hydrogen-bond acceptors (Lipinski definition) is 6. The SMILES string of the molecule is CC12CCC(C/C1=N/NC(=O)COC(=O)CCCNC(=O)c1ccco1)C2(C)C. The van der Waals surface area contributed by atoms with Crippen LogP contribution in [-0.2, 0) is 14.3 Å². The van der Waals surface area contributed by atoms with Gasteiger partial charge in [-0.1, -0.05) is 20.8 Å². The minimum Gasteiger partial charge on any atom is -0.459 e. The second-order valence-corrected chi connectivity index (χ2v) is 8.58. The molecule has 29 heavy (non-hydrogen) atoms. The van der Waals surface area contributed by atoms with E-state index in [4.69, 9.17) is 9.15 Å². The van der Waals surface area contributed by atoms with Gasteiger partial charge < -0.3 is 14.5 Å². The molecule has 1 aromatic rings. The molecule has 1 heterocycles. The van der Waals surface area contributed by atoms with Gasteiger partial charge >= 0.3 is 5.97 Å². The maximum atomic E-state index is 12.0. The molecule has 2 saturated carbocycles. The van der Waals surface area contributed by atoms with Crippen LogP contribution in [0.3, 0.4) is 0 Å². The fourth-order valence-corrected chi connectivity index (χ4v) is 4.41. The maximum absolute atomic E-state index is 12.0. The van der Waals surface area contributed by atoms with Gasteiger partial charge in [-0.25, -0.2) is 5.43 Å². The summed E-state index contributed by atoms with van der Waals surface area (Å²) in [6.45, 7) is 6.71. The van der Waals surface area contributed by atoms with Crippen LogP contribution in [0.25, 0.3) is 0 Å². The van der Waals surface area contributed by atoms with Crippen molar-refractivity contribution in [1.29, 1.82) is 0 Å². The molecule has 8 heteroatoms. The van der Waals surface area contributed by atoms with Crippen LogP contribution >= 0.6 is 0 Å². The minimum atomic E-state index is -0.493. The summed E-state index contributed by atoms with van der Waals surface area (Å²) in [5, 5.41) is 6.98. The number of hydrazone groups is 1. The summed E-state index contributed by atoms with van der Waals surface area (Å²) in [4.78, 5) is 35.4. The molecule has 0 radical (unpaired) electrons. The zero-order chi connectivity index (χ0) is 21.1. The first-order valence-electron chi connectivity index (χ1n) is 10.1. The Morgan fingerprint density at radius 3 is 2.72 bits per heavy atom. The second-order valence-electron chi connectivity index (χ2n) is 8.58. The van der Waals surface area contributed by atoms with Gasteiger partial charge in [0.25, 0.3) is 11.8 Å². The van der Waals surface area contributed by atoms with Crippen molar-refractivity contribution in [2.75, 3.05) is 13.2 Å². The fraction of sp³-hybridized carbons (Fsp3) is 0.619. The predicted molar refractivity (Wildman–Crippen MR) is 106 cm³/mol. The average Bonchev–Trinajstić information content (AvgIpc) is 3.34. The van der Waals surface area contributed by atoms with Gasteiger partial charge in [0.05, 0.1) is 6.26 Å². The molecule has 2 N–H and O–H groups in total. The van der Waals surface area contributed by atoms with Crippen molar-refractivity contribution in [3.05, 3.63) is 24.2 Å². The first-order chi connectivity index (χ1) is 13.7. The van der Waals surface area contributed by atoms with Crippen molar-refractivity contribution >= 4 is 23.5 Å². The zero-order valence-electron chi connectivity index (χ0n) is 17.2. The number of nitrogens with one attached hydrogen (secondary N) is 2. The lowest BCUT2D eigenvalue weighted by atomic mass is 9.70. The molecule has 1 aromatic heterocycles. The minimum absolute atomic E-state index is 0.0156. The van der Waals surface area contributed by atoms with E-state index in [0.717, 1.165) is 18.6 Å². The van der Waals surface area contributed by atoms with Gasteiger partial charge in [0.1, 0.15) is 0 Å². The largest absolute Gasteiger partial charge is 0.459 e. The van der Waals surface area contributed by atoms with Crippen LogP contribution in [0.15, 0.2) is 27.9 Å². The molecular weight excluding hydrogens is 374 g/mol. The molecule has 2 bridgehead atoms. The molecule has 2 atom stereocenters. The number of furan rings is 1. The van der Waals surface area contributed by atoms with Crippen LogP contribution in [0.1, 0.15) is 63.4 Å². The van der Waals surface area contributed by atoms with Crippen LogP contribution in [0.5, 0.6) is 0 Å². The summed E-state index contributed by atoms with van der Waals surface area (Å²) in [6, 6.07) is 3.18. The van der Waals surface area contributed by atoms with Crippen molar-refractivity contribution in [2.45, 2.75) is 52.9 Å². The summed E-state index contributed by atoms with van der Waals surface area (Å²) in [5.41, 5.74) is 3.77. The van der Waals surface area contributed by atoms with Gasteiger partial charge in [0.2, 0.25) is 0 Å². The van der Waals surface area contributed by atoms with Crippen LogP contribution in [0, 0.1) is 16.7 Å². The molecule has 0 aromatic carbocycles. The van der Waals surface area contributed by atoms with Crippen molar-refractivity contribution in [2.24, 2.45) is 21.8 Å². The van der Waals surface area contributed by atoms with E-state index in [9.17, 15) is 14.4 Å². The van der Waals surface area contributed by atoms with E-state index in [-0.39, 0.29) is 35.5 Å². The van der Waals surface area contributed by atoms with Crippen LogP contribution in [0.4, 0.5) is 0 Å². The molecule has 0 saturated heterocycles. The van der Waals surface area contributed by atoms with E-state index in [1.807, 2.05) is 0 Å². The zero-order valence-corrected chi connectivity index (χ0v) is 17.2. The molecule has 2 aliphatic carbocycles.